The third-order valence-electron chi connectivity index (χ3n) is 5.29. The van der Waals surface area contributed by atoms with E-state index in [4.69, 9.17) is 9.47 Å². The van der Waals surface area contributed by atoms with Gasteiger partial charge in [-0.15, -0.1) is 0 Å². The molecule has 32 heavy (non-hydrogen) atoms. The van der Waals surface area contributed by atoms with Crippen LogP contribution in [0, 0.1) is 0 Å². The van der Waals surface area contributed by atoms with Crippen molar-refractivity contribution >= 4 is 16.1 Å². The molecule has 0 saturated carbocycles. The van der Waals surface area contributed by atoms with Crippen LogP contribution in [-0.4, -0.2) is 27.9 Å². The van der Waals surface area contributed by atoms with Crippen LogP contribution >= 0.6 is 0 Å². The van der Waals surface area contributed by atoms with Gasteiger partial charge in [-0.05, 0) is 42.7 Å². The lowest BCUT2D eigenvalue weighted by molar-refractivity contribution is 0.112. The lowest BCUT2D eigenvalue weighted by atomic mass is 10.1. The first-order chi connectivity index (χ1) is 15.5. The van der Waals surface area contributed by atoms with E-state index in [1.165, 1.54) is 0 Å². The normalized spacial score (nSPS) is 11.3. The van der Waals surface area contributed by atoms with Crippen molar-refractivity contribution in [2.75, 3.05) is 13.2 Å². The Hall–Kier alpha value is -2.34. The lowest BCUT2D eigenvalue weighted by Gasteiger charge is -2.16. The topological polar surface area (TPSA) is 69.7 Å². The van der Waals surface area contributed by atoms with Crippen molar-refractivity contribution in [2.45, 2.75) is 75.9 Å². The molecule has 5 nitrogen and oxygen atoms in total. The molecule has 0 radical (unpaired) electrons. The molecule has 0 amide bonds. The molecule has 0 aliphatic rings. The van der Waals surface area contributed by atoms with Gasteiger partial charge in [-0.25, -0.2) is 8.42 Å². The van der Waals surface area contributed by atoms with Crippen LogP contribution in [0.3, 0.4) is 0 Å². The number of carbonyl (C=O) groups is 1. The Morgan fingerprint density at radius 3 is 1.88 bits per heavy atom. The van der Waals surface area contributed by atoms with E-state index in [9.17, 15) is 13.2 Å². The Morgan fingerprint density at radius 2 is 1.34 bits per heavy atom. The number of aldehydes is 1. The van der Waals surface area contributed by atoms with E-state index in [0.717, 1.165) is 51.4 Å². The summed E-state index contributed by atoms with van der Waals surface area (Å²) >= 11 is 0. The van der Waals surface area contributed by atoms with Crippen LogP contribution in [0.1, 0.15) is 81.1 Å². The maximum atomic E-state index is 12.9. The molecule has 0 aliphatic carbocycles. The van der Waals surface area contributed by atoms with Crippen LogP contribution in [0.5, 0.6) is 11.5 Å². The number of sulfone groups is 1. The van der Waals surface area contributed by atoms with E-state index in [2.05, 4.69) is 13.8 Å². The van der Waals surface area contributed by atoms with Gasteiger partial charge in [0.1, 0.15) is 0 Å². The Balaban J connectivity index is 2.24. The summed E-state index contributed by atoms with van der Waals surface area (Å²) in [7, 11) is -3.59. The van der Waals surface area contributed by atoms with Crippen LogP contribution in [-0.2, 0) is 15.6 Å². The van der Waals surface area contributed by atoms with Crippen molar-refractivity contribution in [1.29, 1.82) is 0 Å². The molecule has 0 N–H and O–H groups in total. The Bertz CT molecular complexity index is 923. The maximum Gasteiger partial charge on any atom is 0.182 e. The maximum absolute atomic E-state index is 12.9. The molecular formula is C26H36O5S. The smallest absolute Gasteiger partial charge is 0.182 e. The van der Waals surface area contributed by atoms with Crippen molar-refractivity contribution in [3.63, 3.8) is 0 Å². The highest BCUT2D eigenvalue weighted by atomic mass is 32.2. The number of ether oxygens (including phenoxy) is 2. The lowest BCUT2D eigenvalue weighted by Crippen LogP contribution is -2.09. The Labute approximate surface area is 193 Å². The second-order valence-corrected chi connectivity index (χ2v) is 10.00. The van der Waals surface area contributed by atoms with Crippen LogP contribution in [0.2, 0.25) is 0 Å². The summed E-state index contributed by atoms with van der Waals surface area (Å²) in [5, 5.41) is 0. The third kappa shape index (κ3) is 8.30. The average molecular weight is 461 g/mol. The minimum absolute atomic E-state index is 0.232. The number of unbranched alkanes of at least 4 members (excludes halogenated alkanes) is 6. The molecule has 176 valence electrons. The van der Waals surface area contributed by atoms with Gasteiger partial charge in [0.25, 0.3) is 0 Å². The molecule has 0 aromatic heterocycles. The fourth-order valence-corrected chi connectivity index (χ4v) is 4.81. The molecule has 2 rings (SSSR count). The zero-order valence-electron chi connectivity index (χ0n) is 19.3. The van der Waals surface area contributed by atoms with Gasteiger partial charge in [-0.1, -0.05) is 70.6 Å². The SMILES string of the molecule is CCCCCCOc1cc(C=O)c(CS(=O)(=O)c2ccccc2)cc1OCCCCCC. The monoisotopic (exact) mass is 460 g/mol. The van der Waals surface area contributed by atoms with Crippen LogP contribution in [0.4, 0.5) is 0 Å². The zero-order chi connectivity index (χ0) is 23.2. The van der Waals surface area contributed by atoms with Gasteiger partial charge < -0.3 is 9.47 Å². The van der Waals surface area contributed by atoms with Gasteiger partial charge in [0.2, 0.25) is 0 Å². The highest BCUT2D eigenvalue weighted by molar-refractivity contribution is 7.90. The summed E-state index contributed by atoms with van der Waals surface area (Å²) in [4.78, 5) is 12.0. The predicted octanol–water partition coefficient (Wildman–Crippen LogP) is 6.39. The van der Waals surface area contributed by atoms with Gasteiger partial charge in [0.15, 0.2) is 27.6 Å². The van der Waals surface area contributed by atoms with Gasteiger partial charge in [-0.3, -0.25) is 4.79 Å². The number of benzene rings is 2. The van der Waals surface area contributed by atoms with Crippen LogP contribution < -0.4 is 9.47 Å². The third-order valence-corrected chi connectivity index (χ3v) is 6.97. The number of hydrogen-bond acceptors (Lipinski definition) is 5. The van der Waals surface area contributed by atoms with Crippen molar-refractivity contribution in [1.82, 2.24) is 0 Å². The summed E-state index contributed by atoms with van der Waals surface area (Å²) in [6.45, 7) is 5.37. The average Bonchev–Trinajstić information content (AvgIpc) is 2.80. The second-order valence-electron chi connectivity index (χ2n) is 8.01. The second kappa shape index (κ2) is 13.9. The fraction of sp³-hybridized carbons (Fsp3) is 0.500. The number of carbonyl (C=O) groups excluding carboxylic acids is 1. The standard InChI is InChI=1S/C26H36O5S/c1-3-5-7-12-16-30-25-18-22(20-27)23(19-26(25)31-17-13-8-6-4-2)21-32(28,29)24-14-10-9-11-15-24/h9-11,14-15,18-20H,3-8,12-13,16-17,21H2,1-2H3. The van der Waals surface area contributed by atoms with Crippen LogP contribution in [0.15, 0.2) is 47.4 Å². The molecule has 0 heterocycles. The van der Waals surface area contributed by atoms with Gasteiger partial charge in [0.05, 0.1) is 23.9 Å². The van der Waals surface area contributed by atoms with Gasteiger partial charge in [0, 0.05) is 5.56 Å². The highest BCUT2D eigenvalue weighted by Crippen LogP contribution is 2.33. The Kier molecular flexibility index (Phi) is 11.3. The van der Waals surface area contributed by atoms with E-state index >= 15 is 0 Å². The van der Waals surface area contributed by atoms with Crippen LogP contribution in [0.25, 0.3) is 0 Å². The van der Waals surface area contributed by atoms with Crippen molar-refractivity contribution in [3.8, 4) is 11.5 Å². The molecule has 0 aliphatic heterocycles. The summed E-state index contributed by atoms with van der Waals surface area (Å²) < 4.78 is 37.7. The first kappa shape index (κ1) is 25.9. The molecule has 0 saturated heterocycles. The fourth-order valence-electron chi connectivity index (χ4n) is 3.42. The minimum atomic E-state index is -3.59. The molecule has 0 fully saturated rings. The Morgan fingerprint density at radius 1 is 0.781 bits per heavy atom. The van der Waals surface area contributed by atoms with E-state index in [1.54, 1.807) is 42.5 Å². The molecule has 2 aromatic rings. The minimum Gasteiger partial charge on any atom is -0.490 e. The van der Waals surface area contributed by atoms with Crippen molar-refractivity contribution in [2.24, 2.45) is 0 Å². The molecule has 0 bridgehead atoms. The quantitative estimate of drug-likeness (QED) is 0.214. The number of rotatable bonds is 16. The zero-order valence-corrected chi connectivity index (χ0v) is 20.2. The van der Waals surface area contributed by atoms with E-state index in [1.807, 2.05) is 0 Å². The van der Waals surface area contributed by atoms with E-state index in [0.29, 0.717) is 42.1 Å². The molecule has 2 aromatic carbocycles. The predicted molar refractivity (Wildman–Crippen MR) is 128 cm³/mol. The summed E-state index contributed by atoms with van der Waals surface area (Å²) in [6, 6.07) is 11.5. The summed E-state index contributed by atoms with van der Waals surface area (Å²) in [6.07, 6.45) is 9.26. The van der Waals surface area contributed by atoms with Crippen molar-refractivity contribution < 1.29 is 22.7 Å². The van der Waals surface area contributed by atoms with E-state index in [-0.39, 0.29) is 10.6 Å². The first-order valence-electron chi connectivity index (χ1n) is 11.7. The molecule has 0 unspecified atom stereocenters. The number of hydrogen-bond donors (Lipinski definition) is 0. The summed E-state index contributed by atoms with van der Waals surface area (Å²) in [5.74, 6) is 0.731. The van der Waals surface area contributed by atoms with Gasteiger partial charge >= 0.3 is 0 Å². The molecular weight excluding hydrogens is 424 g/mol. The largest absolute Gasteiger partial charge is 0.490 e. The highest BCUT2D eigenvalue weighted by Gasteiger charge is 2.20. The molecule has 0 spiro atoms. The van der Waals surface area contributed by atoms with Crippen molar-refractivity contribution in [3.05, 3.63) is 53.6 Å². The van der Waals surface area contributed by atoms with Gasteiger partial charge in [-0.2, -0.15) is 0 Å². The summed E-state index contributed by atoms with van der Waals surface area (Å²) in [5.41, 5.74) is 0.733. The molecule has 0 atom stereocenters. The molecule has 6 heteroatoms. The van der Waals surface area contributed by atoms with E-state index < -0.39 is 9.84 Å². The first-order valence-corrected chi connectivity index (χ1v) is 13.3.